The third-order valence-electron chi connectivity index (χ3n) is 6.40. The lowest BCUT2D eigenvalue weighted by Gasteiger charge is -2.40. The first-order chi connectivity index (χ1) is 16.5. The molecule has 1 aliphatic heterocycles. The van der Waals surface area contributed by atoms with Gasteiger partial charge in [0.2, 0.25) is 0 Å². The van der Waals surface area contributed by atoms with Gasteiger partial charge in [0.15, 0.2) is 0 Å². The molecular formula is C26H32N4O4. The lowest BCUT2D eigenvalue weighted by atomic mass is 9.95. The van der Waals surface area contributed by atoms with Crippen LogP contribution >= 0.6 is 0 Å². The molecule has 1 fully saturated rings. The molecule has 1 atom stereocenters. The number of pyridine rings is 2. The maximum Gasteiger partial charge on any atom is 0.259 e. The molecule has 180 valence electrons. The van der Waals surface area contributed by atoms with Gasteiger partial charge in [0, 0.05) is 57.3 Å². The van der Waals surface area contributed by atoms with E-state index in [4.69, 9.17) is 9.47 Å². The number of aryl methyl sites for hydroxylation is 1. The molecule has 3 heterocycles. The van der Waals surface area contributed by atoms with E-state index in [1.54, 1.807) is 31.0 Å². The number of ether oxygens (including phenoxy) is 2. The minimum absolute atomic E-state index is 0.000714. The lowest BCUT2D eigenvalue weighted by molar-refractivity contribution is 0.183. The topological polar surface area (TPSA) is 80.1 Å². The highest BCUT2D eigenvalue weighted by Crippen LogP contribution is 2.37. The third kappa shape index (κ3) is 4.78. The van der Waals surface area contributed by atoms with E-state index in [9.17, 15) is 9.90 Å². The molecule has 4 rings (SSSR count). The zero-order valence-electron chi connectivity index (χ0n) is 20.0. The van der Waals surface area contributed by atoms with Gasteiger partial charge in [-0.05, 0) is 31.2 Å². The molecule has 0 aliphatic carbocycles. The van der Waals surface area contributed by atoms with Crippen molar-refractivity contribution in [3.05, 3.63) is 81.9 Å². The second-order valence-corrected chi connectivity index (χ2v) is 8.39. The van der Waals surface area contributed by atoms with Gasteiger partial charge >= 0.3 is 0 Å². The zero-order valence-corrected chi connectivity index (χ0v) is 20.0. The van der Waals surface area contributed by atoms with E-state index in [1.807, 2.05) is 49.4 Å². The fraction of sp³-hybridized carbons (Fsp3) is 0.385. The number of nitrogens with zero attached hydrogens (tertiary/aromatic N) is 4. The molecule has 0 radical (unpaired) electrons. The number of para-hydroxylation sites is 1. The Hall–Kier alpha value is -3.36. The van der Waals surface area contributed by atoms with E-state index >= 15 is 0 Å². The standard InChI is InChI=1S/C26H32N4O4/c1-19-18-21(31)24(26(32)30(19)16-17-33-2)25(20-8-4-5-9-22(20)34-3)29-14-12-28(13-15-29)23-10-6-7-11-27-23/h4-11,18,25,31H,12-17H2,1-3H3/t25-/m0/s1. The van der Waals surface area contributed by atoms with Crippen LogP contribution in [0.2, 0.25) is 0 Å². The summed E-state index contributed by atoms with van der Waals surface area (Å²) in [5.41, 5.74) is 1.70. The molecule has 8 nitrogen and oxygen atoms in total. The lowest BCUT2D eigenvalue weighted by Crippen LogP contribution is -2.49. The number of aromatic hydroxyl groups is 1. The number of methoxy groups -OCH3 is 2. The highest BCUT2D eigenvalue weighted by atomic mass is 16.5. The van der Waals surface area contributed by atoms with Crippen molar-refractivity contribution in [3.8, 4) is 11.5 Å². The van der Waals surface area contributed by atoms with Gasteiger partial charge in [0.1, 0.15) is 17.3 Å². The Morgan fingerprint density at radius 2 is 1.79 bits per heavy atom. The highest BCUT2D eigenvalue weighted by molar-refractivity contribution is 5.47. The van der Waals surface area contributed by atoms with Crippen LogP contribution in [0.25, 0.3) is 0 Å². The van der Waals surface area contributed by atoms with Crippen molar-refractivity contribution in [2.75, 3.05) is 51.9 Å². The average Bonchev–Trinajstić information content (AvgIpc) is 2.87. The summed E-state index contributed by atoms with van der Waals surface area (Å²) in [5, 5.41) is 11.0. The molecule has 1 saturated heterocycles. The van der Waals surface area contributed by atoms with Crippen molar-refractivity contribution in [2.24, 2.45) is 0 Å². The Morgan fingerprint density at radius 1 is 1.06 bits per heavy atom. The van der Waals surface area contributed by atoms with Crippen LogP contribution in [0.4, 0.5) is 5.82 Å². The Labute approximate surface area is 200 Å². The SMILES string of the molecule is COCCn1c(C)cc(O)c([C@H](c2ccccc2OC)N2CCN(c3ccccn3)CC2)c1=O. The van der Waals surface area contributed by atoms with Crippen molar-refractivity contribution >= 4 is 5.82 Å². The van der Waals surface area contributed by atoms with E-state index in [2.05, 4.69) is 14.8 Å². The molecular weight excluding hydrogens is 432 g/mol. The van der Waals surface area contributed by atoms with Gasteiger partial charge in [0.05, 0.1) is 25.3 Å². The van der Waals surface area contributed by atoms with E-state index in [0.717, 1.165) is 24.5 Å². The van der Waals surface area contributed by atoms with Crippen molar-refractivity contribution < 1.29 is 14.6 Å². The van der Waals surface area contributed by atoms with Crippen molar-refractivity contribution in [2.45, 2.75) is 19.5 Å². The molecule has 0 bridgehead atoms. The van der Waals surface area contributed by atoms with Crippen LogP contribution in [0.5, 0.6) is 11.5 Å². The van der Waals surface area contributed by atoms with Crippen molar-refractivity contribution in [1.29, 1.82) is 0 Å². The van der Waals surface area contributed by atoms with E-state index in [0.29, 0.717) is 43.2 Å². The maximum atomic E-state index is 13.7. The Bertz CT molecular complexity index is 1160. The van der Waals surface area contributed by atoms with Gasteiger partial charge in [-0.2, -0.15) is 0 Å². The first-order valence-corrected chi connectivity index (χ1v) is 11.5. The van der Waals surface area contributed by atoms with Crippen LogP contribution in [0.15, 0.2) is 59.5 Å². The minimum atomic E-state index is -0.455. The molecule has 8 heteroatoms. The predicted molar refractivity (Wildman–Crippen MR) is 132 cm³/mol. The monoisotopic (exact) mass is 464 g/mol. The number of aromatic nitrogens is 2. The van der Waals surface area contributed by atoms with Crippen molar-refractivity contribution in [3.63, 3.8) is 0 Å². The first-order valence-electron chi connectivity index (χ1n) is 11.5. The van der Waals surface area contributed by atoms with Crippen molar-refractivity contribution in [1.82, 2.24) is 14.5 Å². The maximum absolute atomic E-state index is 13.7. The summed E-state index contributed by atoms with van der Waals surface area (Å²) in [7, 11) is 3.24. The van der Waals surface area contributed by atoms with E-state index < -0.39 is 6.04 Å². The van der Waals surface area contributed by atoms with E-state index in [1.165, 1.54) is 0 Å². The van der Waals surface area contributed by atoms with Gasteiger partial charge in [-0.3, -0.25) is 9.69 Å². The molecule has 1 aliphatic rings. The average molecular weight is 465 g/mol. The second kappa shape index (κ2) is 10.7. The van der Waals surface area contributed by atoms with E-state index in [-0.39, 0.29) is 11.3 Å². The molecule has 34 heavy (non-hydrogen) atoms. The number of anilines is 1. The van der Waals surface area contributed by atoms with Gasteiger partial charge < -0.3 is 24.0 Å². The van der Waals surface area contributed by atoms with Crippen LogP contribution in [-0.2, 0) is 11.3 Å². The molecule has 0 unspecified atom stereocenters. The molecule has 2 aromatic heterocycles. The van der Waals surface area contributed by atoms with Gasteiger partial charge in [-0.15, -0.1) is 0 Å². The molecule has 0 amide bonds. The number of piperazine rings is 1. The number of rotatable bonds is 8. The highest BCUT2D eigenvalue weighted by Gasteiger charge is 2.33. The summed E-state index contributed by atoms with van der Waals surface area (Å²) in [6.45, 7) is 5.56. The third-order valence-corrected chi connectivity index (χ3v) is 6.40. The van der Waals surface area contributed by atoms with Gasteiger partial charge in [-0.1, -0.05) is 24.3 Å². The fourth-order valence-electron chi connectivity index (χ4n) is 4.66. The summed E-state index contributed by atoms with van der Waals surface area (Å²) in [6.07, 6.45) is 1.80. The number of hydrogen-bond donors (Lipinski definition) is 1. The van der Waals surface area contributed by atoms with Crippen LogP contribution in [-0.4, -0.2) is 66.6 Å². The first kappa shape index (κ1) is 23.8. The summed E-state index contributed by atoms with van der Waals surface area (Å²) in [4.78, 5) is 22.7. The van der Waals surface area contributed by atoms with Crippen LogP contribution in [0.3, 0.4) is 0 Å². The molecule has 1 aromatic carbocycles. The largest absolute Gasteiger partial charge is 0.507 e. The summed E-state index contributed by atoms with van der Waals surface area (Å²) in [6, 6.07) is 14.8. The van der Waals surface area contributed by atoms with Crippen LogP contribution < -0.4 is 15.2 Å². The zero-order chi connectivity index (χ0) is 24.1. The van der Waals surface area contributed by atoms with Gasteiger partial charge in [-0.25, -0.2) is 4.98 Å². The Morgan fingerprint density at radius 3 is 2.47 bits per heavy atom. The molecule has 1 N–H and O–H groups in total. The fourth-order valence-corrected chi connectivity index (χ4v) is 4.66. The van der Waals surface area contributed by atoms with Crippen LogP contribution in [0.1, 0.15) is 22.9 Å². The quantitative estimate of drug-likeness (QED) is 0.549. The second-order valence-electron chi connectivity index (χ2n) is 8.39. The van der Waals surface area contributed by atoms with Crippen LogP contribution in [0, 0.1) is 6.92 Å². The Balaban J connectivity index is 1.76. The Kier molecular flexibility index (Phi) is 7.49. The number of hydrogen-bond acceptors (Lipinski definition) is 7. The number of benzene rings is 1. The minimum Gasteiger partial charge on any atom is -0.507 e. The normalized spacial score (nSPS) is 15.3. The molecule has 0 saturated carbocycles. The molecule has 3 aromatic rings. The summed E-state index contributed by atoms with van der Waals surface area (Å²) < 4.78 is 12.6. The summed E-state index contributed by atoms with van der Waals surface area (Å²) >= 11 is 0. The smallest absolute Gasteiger partial charge is 0.259 e. The molecule has 0 spiro atoms. The summed E-state index contributed by atoms with van der Waals surface area (Å²) in [5.74, 6) is 1.62. The predicted octanol–water partition coefficient (Wildman–Crippen LogP) is 2.82. The van der Waals surface area contributed by atoms with Gasteiger partial charge in [0.25, 0.3) is 5.56 Å².